The molecule has 0 aliphatic carbocycles. The number of hydrogen-bond donors (Lipinski definition) is 1. The quantitative estimate of drug-likeness (QED) is 0.731. The molecule has 0 fully saturated rings. The molecule has 3 aromatic rings. The van der Waals surface area contributed by atoms with Gasteiger partial charge in [0, 0.05) is 16.0 Å². The van der Waals surface area contributed by atoms with E-state index in [0.717, 1.165) is 15.8 Å². The Morgan fingerprint density at radius 1 is 1.32 bits per heavy atom. The van der Waals surface area contributed by atoms with Gasteiger partial charge in [-0.05, 0) is 40.8 Å². The average molecular weight is 274 g/mol. The third kappa shape index (κ3) is 2.37. The summed E-state index contributed by atoms with van der Waals surface area (Å²) in [7, 11) is 0. The highest BCUT2D eigenvalue weighted by molar-refractivity contribution is 7.99. The fraction of sp³-hybridized carbons (Fsp3) is 0.167. The summed E-state index contributed by atoms with van der Waals surface area (Å²) in [6.07, 6.45) is 0.161. The highest BCUT2D eigenvalue weighted by Crippen LogP contribution is 2.24. The number of thioether (sulfide) groups is 1. The first-order valence-electron chi connectivity index (χ1n) is 5.69. The van der Waals surface area contributed by atoms with Crippen LogP contribution in [0.5, 0.6) is 0 Å². The van der Waals surface area contributed by atoms with Crippen LogP contribution in [-0.4, -0.2) is 36.9 Å². The van der Waals surface area contributed by atoms with Crippen molar-refractivity contribution in [1.29, 1.82) is 0 Å². The van der Waals surface area contributed by atoms with Crippen molar-refractivity contribution in [3.63, 3.8) is 0 Å². The maximum absolute atomic E-state index is 10.5. The Kier molecular flexibility index (Phi) is 3.04. The largest absolute Gasteiger partial charge is 0.481 e. The van der Waals surface area contributed by atoms with Gasteiger partial charge in [0.05, 0.1) is 11.9 Å². The topological polar surface area (TPSA) is 80.4 Å². The van der Waals surface area contributed by atoms with E-state index in [1.54, 1.807) is 4.52 Å². The first-order chi connectivity index (χ1) is 9.24. The van der Waals surface area contributed by atoms with Crippen LogP contribution in [0.3, 0.4) is 0 Å². The van der Waals surface area contributed by atoms with Crippen LogP contribution < -0.4 is 0 Å². The number of nitrogens with zero attached hydrogens (tertiary/aromatic N) is 4. The zero-order chi connectivity index (χ0) is 13.2. The van der Waals surface area contributed by atoms with Crippen molar-refractivity contribution >= 4 is 34.3 Å². The van der Waals surface area contributed by atoms with Gasteiger partial charge in [0.1, 0.15) is 0 Å². The van der Waals surface area contributed by atoms with E-state index in [-0.39, 0.29) is 6.42 Å². The second-order valence-corrected chi connectivity index (χ2v) is 5.16. The zero-order valence-corrected chi connectivity index (χ0v) is 10.7. The maximum atomic E-state index is 10.5. The number of fused-ring (bicyclic) bond motifs is 3. The lowest BCUT2D eigenvalue weighted by molar-refractivity contribution is -0.136. The molecule has 0 atom stereocenters. The van der Waals surface area contributed by atoms with Gasteiger partial charge in [-0.15, -0.1) is 16.9 Å². The fourth-order valence-electron chi connectivity index (χ4n) is 1.84. The number of carbonyl (C=O) groups is 1. The molecule has 1 N–H and O–H groups in total. The zero-order valence-electron chi connectivity index (χ0n) is 9.85. The Morgan fingerprint density at radius 3 is 3.05 bits per heavy atom. The van der Waals surface area contributed by atoms with Gasteiger partial charge in [0.15, 0.2) is 5.65 Å². The summed E-state index contributed by atoms with van der Waals surface area (Å²) in [5.74, 6) is -0.211. The molecule has 0 radical (unpaired) electrons. The van der Waals surface area contributed by atoms with E-state index >= 15 is 0 Å². The minimum Gasteiger partial charge on any atom is -0.481 e. The number of pyridine rings is 1. The minimum atomic E-state index is -0.774. The highest BCUT2D eigenvalue weighted by Gasteiger charge is 2.04. The van der Waals surface area contributed by atoms with Crippen LogP contribution in [-0.2, 0) is 4.79 Å². The molecular weight excluding hydrogens is 264 g/mol. The normalized spacial score (nSPS) is 11.2. The molecule has 0 saturated carbocycles. The standard InChI is InChI=1S/C12H10N4O2S/c17-12(18)5-6-19-9-2-3-10-8(7-9)1-4-11-13-14-15-16(10)11/h1-4,7H,5-6H2,(H,17,18). The number of rotatable bonds is 4. The number of aromatic nitrogens is 4. The lowest BCUT2D eigenvalue weighted by Crippen LogP contribution is -1.95. The SMILES string of the molecule is O=C(O)CCSc1ccc2c(ccc3nnnn32)c1. The van der Waals surface area contributed by atoms with Gasteiger partial charge in [-0.25, -0.2) is 0 Å². The van der Waals surface area contributed by atoms with Gasteiger partial charge in [-0.1, -0.05) is 0 Å². The fourth-order valence-corrected chi connectivity index (χ4v) is 2.73. The van der Waals surface area contributed by atoms with Crippen molar-refractivity contribution in [2.24, 2.45) is 0 Å². The number of carboxylic acid groups (broad SMARTS) is 1. The molecule has 7 heteroatoms. The molecular formula is C12H10N4O2S. The Balaban J connectivity index is 1.92. The van der Waals surface area contributed by atoms with E-state index in [2.05, 4.69) is 15.5 Å². The van der Waals surface area contributed by atoms with E-state index in [1.807, 2.05) is 30.3 Å². The molecule has 6 nitrogen and oxygen atoms in total. The van der Waals surface area contributed by atoms with Crippen molar-refractivity contribution in [3.05, 3.63) is 30.3 Å². The Morgan fingerprint density at radius 2 is 2.21 bits per heavy atom. The predicted molar refractivity (Wildman–Crippen MR) is 71.3 cm³/mol. The molecule has 0 bridgehead atoms. The molecule has 0 aliphatic heterocycles. The third-order valence-corrected chi connectivity index (χ3v) is 3.71. The van der Waals surface area contributed by atoms with Crippen molar-refractivity contribution in [3.8, 4) is 0 Å². The molecule has 96 valence electrons. The monoisotopic (exact) mass is 274 g/mol. The van der Waals surface area contributed by atoms with E-state index in [0.29, 0.717) is 11.4 Å². The molecule has 2 aromatic heterocycles. The van der Waals surface area contributed by atoms with Crippen LogP contribution in [0.1, 0.15) is 6.42 Å². The van der Waals surface area contributed by atoms with E-state index in [9.17, 15) is 4.79 Å². The van der Waals surface area contributed by atoms with Gasteiger partial charge in [0.2, 0.25) is 0 Å². The molecule has 1 aromatic carbocycles. The van der Waals surface area contributed by atoms with Crippen molar-refractivity contribution in [2.45, 2.75) is 11.3 Å². The number of carboxylic acids is 1. The van der Waals surface area contributed by atoms with Gasteiger partial charge in [-0.2, -0.15) is 4.52 Å². The van der Waals surface area contributed by atoms with Crippen LogP contribution in [0, 0.1) is 0 Å². The smallest absolute Gasteiger partial charge is 0.304 e. The number of aliphatic carboxylic acids is 1. The molecule has 0 unspecified atom stereocenters. The number of benzene rings is 1. The lowest BCUT2D eigenvalue weighted by Gasteiger charge is -2.03. The predicted octanol–water partition coefficient (Wildman–Crippen LogP) is 1.84. The van der Waals surface area contributed by atoms with E-state index in [4.69, 9.17) is 5.11 Å². The lowest BCUT2D eigenvalue weighted by atomic mass is 10.2. The maximum Gasteiger partial charge on any atom is 0.304 e. The van der Waals surface area contributed by atoms with Crippen LogP contribution in [0.15, 0.2) is 35.2 Å². The van der Waals surface area contributed by atoms with Gasteiger partial charge in [0.25, 0.3) is 0 Å². The summed E-state index contributed by atoms with van der Waals surface area (Å²) in [5.41, 5.74) is 1.64. The second kappa shape index (κ2) is 4.85. The summed E-state index contributed by atoms with van der Waals surface area (Å²) in [4.78, 5) is 11.5. The Bertz CT molecular complexity index is 756. The van der Waals surface area contributed by atoms with Gasteiger partial charge < -0.3 is 5.11 Å². The van der Waals surface area contributed by atoms with Crippen molar-refractivity contribution in [1.82, 2.24) is 20.0 Å². The summed E-state index contributed by atoms with van der Waals surface area (Å²) >= 11 is 1.53. The van der Waals surface area contributed by atoms with Crippen LogP contribution in [0.4, 0.5) is 0 Å². The average Bonchev–Trinajstić information content (AvgIpc) is 2.86. The first kappa shape index (κ1) is 11.9. The molecule has 3 rings (SSSR count). The summed E-state index contributed by atoms with van der Waals surface area (Å²) < 4.78 is 1.68. The summed E-state index contributed by atoms with van der Waals surface area (Å²) in [6, 6.07) is 9.73. The number of tetrazole rings is 1. The van der Waals surface area contributed by atoms with Crippen LogP contribution in [0.2, 0.25) is 0 Å². The van der Waals surface area contributed by atoms with Gasteiger partial charge in [-0.3, -0.25) is 4.79 Å². The molecule has 19 heavy (non-hydrogen) atoms. The van der Waals surface area contributed by atoms with Crippen LogP contribution in [0.25, 0.3) is 16.6 Å². The summed E-state index contributed by atoms with van der Waals surface area (Å²) in [6.45, 7) is 0. The van der Waals surface area contributed by atoms with E-state index < -0.39 is 5.97 Å². The molecule has 0 spiro atoms. The van der Waals surface area contributed by atoms with Crippen molar-refractivity contribution in [2.75, 3.05) is 5.75 Å². The second-order valence-electron chi connectivity index (χ2n) is 4.00. The first-order valence-corrected chi connectivity index (χ1v) is 6.68. The van der Waals surface area contributed by atoms with Gasteiger partial charge >= 0.3 is 5.97 Å². The van der Waals surface area contributed by atoms with Crippen LogP contribution >= 0.6 is 11.8 Å². The molecule has 0 amide bonds. The van der Waals surface area contributed by atoms with E-state index in [1.165, 1.54) is 11.8 Å². The Hall–Kier alpha value is -2.15. The number of hydrogen-bond acceptors (Lipinski definition) is 5. The molecule has 2 heterocycles. The third-order valence-electron chi connectivity index (χ3n) is 2.72. The summed E-state index contributed by atoms with van der Waals surface area (Å²) in [5, 5.41) is 21.1. The minimum absolute atomic E-state index is 0.161. The Labute approximate surface area is 112 Å². The molecule has 0 saturated heterocycles. The highest BCUT2D eigenvalue weighted by atomic mass is 32.2. The molecule has 0 aliphatic rings. The van der Waals surface area contributed by atoms with Crippen molar-refractivity contribution < 1.29 is 9.90 Å².